The highest BCUT2D eigenvalue weighted by Gasteiger charge is 2.44. The van der Waals surface area contributed by atoms with Crippen molar-refractivity contribution in [3.05, 3.63) is 148 Å². The monoisotopic (exact) mass is 940 g/mol. The lowest BCUT2D eigenvalue weighted by Crippen LogP contribution is -2.64. The number of halogens is 2. The summed E-state index contributed by atoms with van der Waals surface area (Å²) in [6, 6.07) is 27.0. The number of anilines is 1. The molecule has 1 saturated heterocycles. The summed E-state index contributed by atoms with van der Waals surface area (Å²) in [5.74, 6) is 3.32. The Bertz CT molecular complexity index is 3190. The number of imidazole rings is 2. The van der Waals surface area contributed by atoms with E-state index >= 15 is 0 Å². The van der Waals surface area contributed by atoms with Gasteiger partial charge in [0.1, 0.15) is 52.8 Å². The van der Waals surface area contributed by atoms with Gasteiger partial charge >= 0.3 is 11.9 Å². The molecule has 5 aromatic heterocycles. The first-order chi connectivity index (χ1) is 33.0. The Morgan fingerprint density at radius 2 is 1.38 bits per heavy atom. The molecule has 2 aliphatic rings. The van der Waals surface area contributed by atoms with E-state index in [4.69, 9.17) is 50.1 Å². The molecule has 6 heterocycles. The number of nitriles is 1. The number of esters is 2. The van der Waals surface area contributed by atoms with E-state index in [1.807, 2.05) is 60.9 Å². The molecule has 0 unspecified atom stereocenters. The van der Waals surface area contributed by atoms with E-state index in [1.165, 1.54) is 20.3 Å². The molecule has 0 N–H and O–H groups in total. The van der Waals surface area contributed by atoms with E-state index in [0.717, 1.165) is 82.5 Å². The molecule has 3 aromatic carbocycles. The van der Waals surface area contributed by atoms with Crippen LogP contribution in [0.2, 0.25) is 0 Å². The lowest BCUT2D eigenvalue weighted by molar-refractivity contribution is 0.0592. The van der Waals surface area contributed by atoms with Gasteiger partial charge in [0.2, 0.25) is 5.88 Å². The number of carbonyl (C=O) groups excluding carboxylic acids is 2. The topological polar surface area (TPSA) is 193 Å². The van der Waals surface area contributed by atoms with Crippen LogP contribution in [0.15, 0.2) is 94.0 Å². The number of ether oxygens (including phenoxy) is 3. The Hall–Kier alpha value is -7.62. The van der Waals surface area contributed by atoms with E-state index in [2.05, 4.69) is 29.7 Å². The summed E-state index contributed by atoms with van der Waals surface area (Å²) < 4.78 is 44.4. The third-order valence-corrected chi connectivity index (χ3v) is 12.5. The van der Waals surface area contributed by atoms with Gasteiger partial charge in [-0.2, -0.15) is 10.2 Å². The molecule has 10 rings (SSSR count). The summed E-state index contributed by atoms with van der Waals surface area (Å²) in [5.41, 5.74) is 6.33. The maximum atomic E-state index is 14.4. The van der Waals surface area contributed by atoms with E-state index < -0.39 is 11.8 Å². The first-order valence-electron chi connectivity index (χ1n) is 21.9. The van der Waals surface area contributed by atoms with Crippen molar-refractivity contribution >= 4 is 51.4 Å². The fourth-order valence-electron chi connectivity index (χ4n) is 8.73. The van der Waals surface area contributed by atoms with Gasteiger partial charge in [-0.3, -0.25) is 4.90 Å². The number of carbonyl (C=O) groups is 2. The third-order valence-electron chi connectivity index (χ3n) is 12.2. The summed E-state index contributed by atoms with van der Waals surface area (Å²) in [6.45, 7) is 6.87. The van der Waals surface area contributed by atoms with Crippen molar-refractivity contribution in [1.29, 1.82) is 5.26 Å². The number of aromatic nitrogens is 7. The van der Waals surface area contributed by atoms with Crippen molar-refractivity contribution in [3.8, 4) is 11.9 Å². The maximum Gasteiger partial charge on any atom is 0.337 e. The zero-order valence-electron chi connectivity index (χ0n) is 37.7. The number of piperazine rings is 1. The minimum Gasteiger partial charge on any atom is -0.473 e. The number of nitrogens with zero attached hydrogens (tertiary/aromatic N) is 10. The number of fused-ring (bicyclic) bond motifs is 3. The molecule has 1 aliphatic carbocycles. The molecular formula is C49H46ClFN10O7. The van der Waals surface area contributed by atoms with Crippen LogP contribution in [-0.4, -0.2) is 90.6 Å². The van der Waals surface area contributed by atoms with Gasteiger partial charge in [-0.1, -0.05) is 22.4 Å². The second-order valence-corrected chi connectivity index (χ2v) is 16.8. The van der Waals surface area contributed by atoms with Crippen molar-refractivity contribution < 1.29 is 37.2 Å². The maximum absolute atomic E-state index is 14.4. The molecular weight excluding hydrogens is 895 g/mol. The van der Waals surface area contributed by atoms with E-state index in [1.54, 1.807) is 42.5 Å². The Kier molecular flexibility index (Phi) is 13.2. The second-order valence-electron chi connectivity index (χ2n) is 16.5. The van der Waals surface area contributed by atoms with Crippen molar-refractivity contribution in [2.24, 2.45) is 0 Å². The van der Waals surface area contributed by atoms with Gasteiger partial charge in [-0.15, -0.1) is 11.6 Å². The zero-order valence-corrected chi connectivity index (χ0v) is 38.4. The summed E-state index contributed by atoms with van der Waals surface area (Å²) in [7, 11) is 2.73. The molecule has 19 heteroatoms. The Labute approximate surface area is 394 Å². The lowest BCUT2D eigenvalue weighted by atomic mass is 9.81. The van der Waals surface area contributed by atoms with Crippen molar-refractivity contribution in [1.82, 2.24) is 39.3 Å². The molecule has 68 heavy (non-hydrogen) atoms. The number of benzene rings is 3. The van der Waals surface area contributed by atoms with Crippen LogP contribution < -0.4 is 9.64 Å². The average molecular weight is 941 g/mol. The van der Waals surface area contributed by atoms with Gasteiger partial charge in [-0.25, -0.2) is 23.9 Å². The average Bonchev–Trinajstić information content (AvgIpc) is 4.13. The highest BCUT2D eigenvalue weighted by atomic mass is 35.5. The van der Waals surface area contributed by atoms with E-state index in [0.29, 0.717) is 54.1 Å². The van der Waals surface area contributed by atoms with Gasteiger partial charge in [0.05, 0.1) is 84.6 Å². The summed E-state index contributed by atoms with van der Waals surface area (Å²) >= 11 is 5.99. The molecule has 2 atom stereocenters. The Morgan fingerprint density at radius 1 is 0.765 bits per heavy atom. The zero-order chi connectivity index (χ0) is 47.5. The summed E-state index contributed by atoms with van der Waals surface area (Å²) in [4.78, 5) is 43.1. The Balaban J connectivity index is 0.000000219. The fourth-order valence-corrected chi connectivity index (χ4v) is 8.94. The predicted octanol–water partition coefficient (Wildman–Crippen LogP) is 7.91. The van der Waals surface area contributed by atoms with E-state index in [9.17, 15) is 14.0 Å². The number of hydrogen-bond donors (Lipinski definition) is 0. The van der Waals surface area contributed by atoms with Crippen LogP contribution in [-0.2, 0) is 41.6 Å². The third kappa shape index (κ3) is 9.48. The van der Waals surface area contributed by atoms with Crippen molar-refractivity contribution in [3.63, 3.8) is 0 Å². The summed E-state index contributed by atoms with van der Waals surface area (Å²) in [5, 5.41) is 17.2. The number of methoxy groups -OCH3 is 2. The molecule has 348 valence electrons. The number of alkyl halides is 1. The number of pyridine rings is 1. The number of aryl methyl sites for hydroxylation is 2. The Morgan fingerprint density at radius 3 is 1.93 bits per heavy atom. The normalized spacial score (nSPS) is 15.6. The second kappa shape index (κ2) is 19.7. The molecule has 0 spiro atoms. The van der Waals surface area contributed by atoms with Gasteiger partial charge in [0.25, 0.3) is 0 Å². The van der Waals surface area contributed by atoms with Crippen LogP contribution >= 0.6 is 11.6 Å². The largest absolute Gasteiger partial charge is 0.473 e. The van der Waals surface area contributed by atoms with Crippen LogP contribution in [0.1, 0.15) is 79.2 Å². The molecule has 0 amide bonds. The van der Waals surface area contributed by atoms with Gasteiger partial charge in [0, 0.05) is 48.9 Å². The van der Waals surface area contributed by atoms with E-state index in [-0.39, 0.29) is 30.1 Å². The molecule has 8 aromatic rings. The molecule has 2 fully saturated rings. The lowest BCUT2D eigenvalue weighted by Gasteiger charge is -2.54. The highest BCUT2D eigenvalue weighted by Crippen LogP contribution is 2.37. The number of hydrogen-bond acceptors (Lipinski definition) is 15. The van der Waals surface area contributed by atoms with Crippen molar-refractivity contribution in [2.75, 3.05) is 32.2 Å². The highest BCUT2D eigenvalue weighted by molar-refractivity contribution is 6.17. The minimum atomic E-state index is -0.475. The molecule has 1 saturated carbocycles. The molecule has 0 bridgehead atoms. The SMILES string of the molecule is COC(=O)c1ccc2nc(CCl)n(Cc3cc(C)on3)c2c1.COC(=O)c1ccc2nc(CN3CCN(c4cccc(OCc5ccc(C#N)cc5F)n4)[C@H]4CC[C@H]43)n(Cc3cc(C)on3)c2c1. The van der Waals surface area contributed by atoms with Gasteiger partial charge < -0.3 is 37.3 Å². The van der Waals surface area contributed by atoms with Crippen LogP contribution in [0.4, 0.5) is 10.2 Å². The van der Waals surface area contributed by atoms with Gasteiger partial charge in [0.15, 0.2) is 0 Å². The quantitative estimate of drug-likeness (QED) is 0.0799. The van der Waals surface area contributed by atoms with Crippen molar-refractivity contribution in [2.45, 2.75) is 70.9 Å². The first-order valence-corrected chi connectivity index (χ1v) is 22.4. The van der Waals surface area contributed by atoms with Gasteiger partial charge in [-0.05, 0) is 81.3 Å². The minimum absolute atomic E-state index is 0.0177. The first kappa shape index (κ1) is 45.5. The molecule has 17 nitrogen and oxygen atoms in total. The molecule has 1 aliphatic heterocycles. The van der Waals surface area contributed by atoms with Crippen LogP contribution in [0, 0.1) is 31.0 Å². The smallest absolute Gasteiger partial charge is 0.337 e. The standard InChI is InChI=1S/C34H32FN7O4.C15H14ClN3O3/c1-21-14-25(39-46-21)18-42-30-16-23(34(43)44-2)8-9-27(30)37-32(42)19-40-12-13-41(29-11-10-28(29)40)31-4-3-5-33(38-31)45-20-24-7-6-22(17-36)15-26(24)35;1-9-5-11(18-22-9)8-19-13-6-10(15(20)21-2)3-4-12(13)17-14(19)7-16/h3-9,14-16,28-29H,10-13,18-20H2,1-2H3;3-6H,7-8H2,1-2H3/t28-,29+;/m1./s1. The van der Waals surface area contributed by atoms with Crippen LogP contribution in [0.3, 0.4) is 0 Å². The molecule has 0 radical (unpaired) electrons. The van der Waals surface area contributed by atoms with Crippen LogP contribution in [0.25, 0.3) is 22.1 Å². The fraction of sp³-hybridized carbons (Fsp3) is 0.306. The number of rotatable bonds is 13. The summed E-state index contributed by atoms with van der Waals surface area (Å²) in [6.07, 6.45) is 2.10. The predicted molar refractivity (Wildman–Crippen MR) is 247 cm³/mol. The van der Waals surface area contributed by atoms with Crippen LogP contribution in [0.5, 0.6) is 5.88 Å².